The van der Waals surface area contributed by atoms with Gasteiger partial charge in [0.05, 0.1) is 10.6 Å². The van der Waals surface area contributed by atoms with E-state index in [4.69, 9.17) is 4.52 Å². The number of carbonyl (C=O) groups is 1. The number of benzene rings is 1. The van der Waals surface area contributed by atoms with Crippen LogP contribution < -0.4 is 5.32 Å². The number of hydrogen-bond acceptors (Lipinski definition) is 5. The van der Waals surface area contributed by atoms with Gasteiger partial charge >= 0.3 is 0 Å². The number of hydrogen-bond donors (Lipinski definition) is 1. The highest BCUT2D eigenvalue weighted by molar-refractivity contribution is 7.89. The molecule has 1 aliphatic heterocycles. The molecule has 0 spiro atoms. The van der Waals surface area contributed by atoms with Crippen molar-refractivity contribution in [2.24, 2.45) is 0 Å². The molecule has 1 saturated heterocycles. The molecule has 1 N–H and O–H groups in total. The van der Waals surface area contributed by atoms with Gasteiger partial charge in [-0.2, -0.15) is 4.31 Å². The number of nitrogens with zero attached hydrogens (tertiary/aromatic N) is 2. The van der Waals surface area contributed by atoms with Crippen LogP contribution in [0.25, 0.3) is 0 Å². The van der Waals surface area contributed by atoms with Gasteiger partial charge in [0.2, 0.25) is 10.0 Å². The summed E-state index contributed by atoms with van der Waals surface area (Å²) in [6.45, 7) is 7.08. The molecular formula is C20H27N3O4S. The Balaban J connectivity index is 1.66. The molecule has 152 valence electrons. The number of rotatable bonds is 6. The van der Waals surface area contributed by atoms with Gasteiger partial charge < -0.3 is 9.84 Å². The van der Waals surface area contributed by atoms with Crippen molar-refractivity contribution < 1.29 is 17.7 Å². The van der Waals surface area contributed by atoms with E-state index in [1.165, 1.54) is 0 Å². The minimum absolute atomic E-state index is 0.0567. The quantitative estimate of drug-likeness (QED) is 0.797. The van der Waals surface area contributed by atoms with Gasteiger partial charge in [0.25, 0.3) is 5.91 Å². The van der Waals surface area contributed by atoms with Gasteiger partial charge in [-0.15, -0.1) is 0 Å². The predicted molar refractivity (Wildman–Crippen MR) is 106 cm³/mol. The number of nitrogens with one attached hydrogen (secondary N) is 1. The highest BCUT2D eigenvalue weighted by Gasteiger charge is 2.26. The summed E-state index contributed by atoms with van der Waals surface area (Å²) in [5.74, 6) is 0.381. The van der Waals surface area contributed by atoms with E-state index in [0.29, 0.717) is 41.5 Å². The molecule has 2 aromatic rings. The van der Waals surface area contributed by atoms with Crippen molar-refractivity contribution in [2.75, 3.05) is 13.1 Å². The van der Waals surface area contributed by atoms with E-state index < -0.39 is 10.0 Å². The molecule has 1 aliphatic rings. The third-order valence-corrected chi connectivity index (χ3v) is 6.88. The van der Waals surface area contributed by atoms with E-state index in [1.54, 1.807) is 35.5 Å². The van der Waals surface area contributed by atoms with Gasteiger partial charge in [0, 0.05) is 25.6 Å². The largest absolute Gasteiger partial charge is 0.360 e. The molecule has 0 saturated carbocycles. The average Bonchev–Trinajstić information content (AvgIpc) is 3.09. The molecule has 1 aromatic heterocycles. The number of amides is 1. The lowest BCUT2D eigenvalue weighted by Crippen LogP contribution is -2.35. The molecule has 8 heteroatoms. The molecule has 0 bridgehead atoms. The van der Waals surface area contributed by atoms with Gasteiger partial charge in [-0.05, 0) is 37.5 Å². The second-order valence-electron chi connectivity index (χ2n) is 7.45. The molecule has 0 aliphatic carbocycles. The Labute approximate surface area is 166 Å². The van der Waals surface area contributed by atoms with E-state index in [1.807, 2.05) is 13.8 Å². The van der Waals surface area contributed by atoms with E-state index in [0.717, 1.165) is 24.8 Å². The maximum atomic E-state index is 12.7. The minimum Gasteiger partial charge on any atom is -0.360 e. The summed E-state index contributed by atoms with van der Waals surface area (Å²) in [5.41, 5.74) is 1.86. The molecule has 7 nitrogen and oxygen atoms in total. The van der Waals surface area contributed by atoms with Crippen LogP contribution in [0.2, 0.25) is 0 Å². The maximum absolute atomic E-state index is 12.7. The third-order valence-electron chi connectivity index (χ3n) is 4.97. The van der Waals surface area contributed by atoms with E-state index in [-0.39, 0.29) is 11.8 Å². The monoisotopic (exact) mass is 405 g/mol. The Kier molecular flexibility index (Phi) is 6.20. The Morgan fingerprint density at radius 2 is 1.82 bits per heavy atom. The second-order valence-corrected chi connectivity index (χ2v) is 9.39. The summed E-state index contributed by atoms with van der Waals surface area (Å²) < 4.78 is 32.2. The summed E-state index contributed by atoms with van der Waals surface area (Å²) in [6.07, 6.45) is 2.89. The highest BCUT2D eigenvalue weighted by atomic mass is 32.2. The molecule has 28 heavy (non-hydrogen) atoms. The number of piperidine rings is 1. The first-order valence-electron chi connectivity index (χ1n) is 9.64. The highest BCUT2D eigenvalue weighted by Crippen LogP contribution is 2.23. The fourth-order valence-electron chi connectivity index (χ4n) is 3.36. The molecule has 0 radical (unpaired) electrons. The molecule has 1 amide bonds. The maximum Gasteiger partial charge on any atom is 0.257 e. The van der Waals surface area contributed by atoms with Crippen LogP contribution in [0.4, 0.5) is 0 Å². The third kappa shape index (κ3) is 4.28. The Bertz CT molecular complexity index is 927. The molecule has 3 rings (SSSR count). The number of sulfonamides is 1. The first-order chi connectivity index (χ1) is 13.3. The van der Waals surface area contributed by atoms with E-state index in [9.17, 15) is 13.2 Å². The zero-order valence-corrected chi connectivity index (χ0v) is 17.4. The molecule has 1 aromatic carbocycles. The summed E-state index contributed by atoms with van der Waals surface area (Å²) in [4.78, 5) is 12.8. The zero-order chi connectivity index (χ0) is 20.3. The molecule has 2 heterocycles. The van der Waals surface area contributed by atoms with Gasteiger partial charge in [-0.25, -0.2) is 8.42 Å². The Morgan fingerprint density at radius 3 is 2.43 bits per heavy atom. The average molecular weight is 406 g/mol. The lowest BCUT2D eigenvalue weighted by atomic mass is 10.0. The van der Waals surface area contributed by atoms with Crippen LogP contribution in [-0.2, 0) is 16.6 Å². The topological polar surface area (TPSA) is 92.5 Å². The first kappa shape index (κ1) is 20.5. The fourth-order valence-corrected chi connectivity index (χ4v) is 4.88. The molecule has 1 fully saturated rings. The van der Waals surface area contributed by atoms with Crippen molar-refractivity contribution in [3.05, 3.63) is 46.8 Å². The van der Waals surface area contributed by atoms with Crippen LogP contribution in [-0.4, -0.2) is 36.9 Å². The normalized spacial score (nSPS) is 15.7. The van der Waals surface area contributed by atoms with Crippen molar-refractivity contribution in [1.82, 2.24) is 14.8 Å². The lowest BCUT2D eigenvalue weighted by molar-refractivity contribution is 0.0948. The van der Waals surface area contributed by atoms with E-state index >= 15 is 0 Å². The lowest BCUT2D eigenvalue weighted by Gasteiger charge is -2.25. The molecular weight excluding hydrogens is 378 g/mol. The fraction of sp³-hybridized carbons (Fsp3) is 0.500. The molecule has 0 atom stereocenters. The summed E-state index contributed by atoms with van der Waals surface area (Å²) >= 11 is 0. The first-order valence-corrected chi connectivity index (χ1v) is 11.1. The van der Waals surface area contributed by atoms with Crippen LogP contribution in [0.1, 0.15) is 66.4 Å². The van der Waals surface area contributed by atoms with Crippen molar-refractivity contribution in [3.63, 3.8) is 0 Å². The molecule has 0 unspecified atom stereocenters. The van der Waals surface area contributed by atoms with Crippen LogP contribution in [0.3, 0.4) is 0 Å². The van der Waals surface area contributed by atoms with Gasteiger partial charge in [-0.3, -0.25) is 4.79 Å². The standard InChI is InChI=1S/C20H27N3O4S/c1-14(2)19-18(15(3)22-27-19)20(24)21-13-16-7-9-17(10-8-16)28(25,26)23-11-5-4-6-12-23/h7-10,14H,4-6,11-13H2,1-3H3,(H,21,24). The van der Waals surface area contributed by atoms with Crippen LogP contribution in [0, 0.1) is 6.92 Å². The number of aromatic nitrogens is 1. The van der Waals surface area contributed by atoms with Crippen molar-refractivity contribution >= 4 is 15.9 Å². The van der Waals surface area contributed by atoms with Crippen LogP contribution in [0.15, 0.2) is 33.7 Å². The van der Waals surface area contributed by atoms with Gasteiger partial charge in [-0.1, -0.05) is 37.6 Å². The minimum atomic E-state index is -3.44. The zero-order valence-electron chi connectivity index (χ0n) is 16.6. The summed E-state index contributed by atoms with van der Waals surface area (Å²) in [7, 11) is -3.44. The Morgan fingerprint density at radius 1 is 1.18 bits per heavy atom. The number of carbonyl (C=O) groups excluding carboxylic acids is 1. The Hall–Kier alpha value is -2.19. The van der Waals surface area contributed by atoms with Crippen LogP contribution >= 0.6 is 0 Å². The van der Waals surface area contributed by atoms with Crippen molar-refractivity contribution in [1.29, 1.82) is 0 Å². The second kappa shape index (κ2) is 8.45. The van der Waals surface area contributed by atoms with Crippen molar-refractivity contribution in [3.8, 4) is 0 Å². The summed E-state index contributed by atoms with van der Waals surface area (Å²) in [6, 6.07) is 6.69. The van der Waals surface area contributed by atoms with Gasteiger partial charge in [0.1, 0.15) is 5.56 Å². The SMILES string of the molecule is Cc1noc(C(C)C)c1C(=O)NCc1ccc(S(=O)(=O)N2CCCCC2)cc1. The van der Waals surface area contributed by atoms with Crippen molar-refractivity contribution in [2.45, 2.75) is 57.4 Å². The summed E-state index contributed by atoms with van der Waals surface area (Å²) in [5, 5.41) is 6.75. The predicted octanol–water partition coefficient (Wildman–Crippen LogP) is 3.21. The van der Waals surface area contributed by atoms with Crippen LogP contribution in [0.5, 0.6) is 0 Å². The van der Waals surface area contributed by atoms with Gasteiger partial charge in [0.15, 0.2) is 5.76 Å². The van der Waals surface area contributed by atoms with E-state index in [2.05, 4.69) is 10.5 Å². The smallest absolute Gasteiger partial charge is 0.257 e. The number of aryl methyl sites for hydroxylation is 1.